The van der Waals surface area contributed by atoms with Crippen LogP contribution in [0.15, 0.2) is 24.0 Å². The fourth-order valence-electron chi connectivity index (χ4n) is 1.40. The number of hydrogen-bond acceptors (Lipinski definition) is 4. The molecular weight excluding hydrogens is 265 g/mol. The number of ether oxygens (including phenoxy) is 1. The topological polar surface area (TPSA) is 69.4 Å². The van der Waals surface area contributed by atoms with Gasteiger partial charge in [-0.1, -0.05) is 19.9 Å². The smallest absolute Gasteiger partial charge is 0.367 e. The molecule has 108 valence electrons. The zero-order valence-electron chi connectivity index (χ0n) is 11.6. The number of aryl methyl sites for hydroxylation is 1. The quantitative estimate of drug-likeness (QED) is 0.359. The summed E-state index contributed by atoms with van der Waals surface area (Å²) in [5.74, 6) is -2.04. The molecule has 5 nitrogen and oxygen atoms in total. The van der Waals surface area contributed by atoms with E-state index in [9.17, 15) is 19.3 Å². The van der Waals surface area contributed by atoms with Gasteiger partial charge in [-0.25, -0.2) is 4.79 Å². The number of hydrogen-bond donors (Lipinski definition) is 0. The van der Waals surface area contributed by atoms with E-state index in [1.54, 1.807) is 6.92 Å². The van der Waals surface area contributed by atoms with Crippen LogP contribution in [0.4, 0.5) is 10.1 Å². The second-order valence-electron chi connectivity index (χ2n) is 4.78. The molecule has 0 aromatic heterocycles. The van der Waals surface area contributed by atoms with Crippen molar-refractivity contribution in [2.24, 2.45) is 5.92 Å². The van der Waals surface area contributed by atoms with E-state index in [-0.39, 0.29) is 23.8 Å². The predicted octanol–water partition coefficient (Wildman–Crippen LogP) is 3.41. The minimum absolute atomic E-state index is 0.103. The SMILES string of the molecule is Cc1ccc([N+](=O)[O-])cc1/C=C(\F)C(=O)OCC(C)C. The molecule has 20 heavy (non-hydrogen) atoms. The van der Waals surface area contributed by atoms with Gasteiger partial charge in [-0.15, -0.1) is 0 Å². The number of nitro groups is 1. The first-order valence-electron chi connectivity index (χ1n) is 6.10. The van der Waals surface area contributed by atoms with Crippen LogP contribution in [-0.2, 0) is 9.53 Å². The number of nitrogens with zero attached hydrogens (tertiary/aromatic N) is 1. The second kappa shape index (κ2) is 6.79. The Morgan fingerprint density at radius 1 is 1.50 bits per heavy atom. The fourth-order valence-corrected chi connectivity index (χ4v) is 1.40. The molecule has 0 unspecified atom stereocenters. The zero-order valence-corrected chi connectivity index (χ0v) is 11.6. The van der Waals surface area contributed by atoms with E-state index in [0.717, 1.165) is 6.08 Å². The number of carbonyl (C=O) groups excluding carboxylic acids is 1. The summed E-state index contributed by atoms with van der Waals surface area (Å²) in [7, 11) is 0. The standard InChI is InChI=1S/C14H16FNO4/c1-9(2)8-20-14(17)13(15)7-11-6-12(16(18)19)5-4-10(11)3/h4-7,9H,8H2,1-3H3/b13-7-. The van der Waals surface area contributed by atoms with Crippen molar-refractivity contribution in [3.05, 3.63) is 45.3 Å². The summed E-state index contributed by atoms with van der Waals surface area (Å²) < 4.78 is 18.4. The Bertz CT molecular complexity index is 552. The number of carbonyl (C=O) groups is 1. The molecule has 0 aliphatic carbocycles. The van der Waals surface area contributed by atoms with E-state index in [4.69, 9.17) is 4.74 Å². The number of rotatable bonds is 5. The molecular formula is C14H16FNO4. The Balaban J connectivity index is 2.94. The molecule has 1 rings (SSSR count). The molecule has 0 saturated carbocycles. The summed E-state index contributed by atoms with van der Waals surface area (Å²) in [4.78, 5) is 21.5. The first kappa shape index (κ1) is 15.8. The van der Waals surface area contributed by atoms with Gasteiger partial charge in [0.2, 0.25) is 5.83 Å². The molecule has 0 N–H and O–H groups in total. The first-order valence-corrected chi connectivity index (χ1v) is 6.10. The van der Waals surface area contributed by atoms with E-state index < -0.39 is 16.7 Å². The summed E-state index contributed by atoms with van der Waals surface area (Å²) in [6.45, 7) is 5.45. The Labute approximate surface area is 116 Å². The highest BCUT2D eigenvalue weighted by Crippen LogP contribution is 2.20. The number of nitro benzene ring substituents is 1. The minimum Gasteiger partial charge on any atom is -0.460 e. The van der Waals surface area contributed by atoms with Gasteiger partial charge in [0.1, 0.15) is 0 Å². The first-order chi connectivity index (χ1) is 9.31. The maximum atomic E-state index is 13.7. The van der Waals surface area contributed by atoms with Crippen LogP contribution < -0.4 is 0 Å². The largest absolute Gasteiger partial charge is 0.460 e. The Kier molecular flexibility index (Phi) is 5.37. The minimum atomic E-state index is -1.07. The molecule has 6 heteroatoms. The number of halogens is 1. The normalized spacial score (nSPS) is 11.6. The lowest BCUT2D eigenvalue weighted by atomic mass is 10.1. The summed E-state index contributed by atoms with van der Waals surface area (Å²) in [5, 5.41) is 10.7. The third-order valence-corrected chi connectivity index (χ3v) is 2.50. The van der Waals surface area contributed by atoms with E-state index in [2.05, 4.69) is 0 Å². The average molecular weight is 281 g/mol. The summed E-state index contributed by atoms with van der Waals surface area (Å²) >= 11 is 0. The van der Waals surface area contributed by atoms with Crippen molar-refractivity contribution in [3.8, 4) is 0 Å². The number of esters is 1. The third kappa shape index (κ3) is 4.46. The summed E-state index contributed by atoms with van der Waals surface area (Å²) in [6.07, 6.45) is 0.949. The van der Waals surface area contributed by atoms with Crippen molar-refractivity contribution in [3.63, 3.8) is 0 Å². The predicted molar refractivity (Wildman–Crippen MR) is 72.7 cm³/mol. The maximum Gasteiger partial charge on any atom is 0.367 e. The van der Waals surface area contributed by atoms with Gasteiger partial charge in [0, 0.05) is 12.1 Å². The van der Waals surface area contributed by atoms with Crippen molar-refractivity contribution in [2.75, 3.05) is 6.61 Å². The van der Waals surface area contributed by atoms with Crippen molar-refractivity contribution >= 4 is 17.7 Å². The molecule has 0 amide bonds. The Morgan fingerprint density at radius 3 is 2.70 bits per heavy atom. The molecule has 0 aliphatic heterocycles. The van der Waals surface area contributed by atoms with Crippen molar-refractivity contribution < 1.29 is 18.8 Å². The highest BCUT2D eigenvalue weighted by molar-refractivity contribution is 5.91. The molecule has 0 bridgehead atoms. The van der Waals surface area contributed by atoms with Crippen LogP contribution in [0.2, 0.25) is 0 Å². The molecule has 0 radical (unpaired) electrons. The van der Waals surface area contributed by atoms with Gasteiger partial charge in [0.25, 0.3) is 5.69 Å². The zero-order chi connectivity index (χ0) is 15.3. The van der Waals surface area contributed by atoms with Crippen LogP contribution in [0.5, 0.6) is 0 Å². The lowest BCUT2D eigenvalue weighted by Crippen LogP contribution is -2.10. The lowest BCUT2D eigenvalue weighted by Gasteiger charge is -2.06. The summed E-state index contributed by atoms with van der Waals surface area (Å²) in [6, 6.07) is 4.03. The Hall–Kier alpha value is -2.24. The lowest BCUT2D eigenvalue weighted by molar-refractivity contribution is -0.384. The van der Waals surface area contributed by atoms with Crippen molar-refractivity contribution in [1.82, 2.24) is 0 Å². The van der Waals surface area contributed by atoms with Crippen LogP contribution in [0.25, 0.3) is 6.08 Å². The molecule has 0 fully saturated rings. The molecule has 0 spiro atoms. The second-order valence-corrected chi connectivity index (χ2v) is 4.78. The van der Waals surface area contributed by atoms with Gasteiger partial charge >= 0.3 is 5.97 Å². The van der Waals surface area contributed by atoms with E-state index in [0.29, 0.717) is 5.56 Å². The molecule has 0 aliphatic rings. The molecule has 0 atom stereocenters. The fraction of sp³-hybridized carbons (Fsp3) is 0.357. The number of non-ortho nitro benzene ring substituents is 1. The molecule has 1 aromatic rings. The maximum absolute atomic E-state index is 13.7. The van der Waals surface area contributed by atoms with Gasteiger partial charge in [-0.3, -0.25) is 10.1 Å². The Morgan fingerprint density at radius 2 is 2.15 bits per heavy atom. The van der Waals surface area contributed by atoms with Gasteiger partial charge in [0.05, 0.1) is 11.5 Å². The van der Waals surface area contributed by atoms with Crippen LogP contribution in [0.1, 0.15) is 25.0 Å². The van der Waals surface area contributed by atoms with Gasteiger partial charge in [-0.2, -0.15) is 4.39 Å². The highest BCUT2D eigenvalue weighted by atomic mass is 19.1. The van der Waals surface area contributed by atoms with E-state index in [1.165, 1.54) is 18.2 Å². The van der Waals surface area contributed by atoms with Gasteiger partial charge in [-0.05, 0) is 30.0 Å². The molecule has 0 saturated heterocycles. The average Bonchev–Trinajstić information content (AvgIpc) is 2.37. The van der Waals surface area contributed by atoms with Crippen LogP contribution in [0.3, 0.4) is 0 Å². The summed E-state index contributed by atoms with van der Waals surface area (Å²) in [5.41, 5.74) is 0.741. The van der Waals surface area contributed by atoms with Crippen molar-refractivity contribution in [1.29, 1.82) is 0 Å². The van der Waals surface area contributed by atoms with E-state index in [1.807, 2.05) is 13.8 Å². The monoisotopic (exact) mass is 281 g/mol. The van der Waals surface area contributed by atoms with E-state index >= 15 is 0 Å². The van der Waals surface area contributed by atoms with Crippen LogP contribution >= 0.6 is 0 Å². The highest BCUT2D eigenvalue weighted by Gasteiger charge is 2.13. The van der Waals surface area contributed by atoms with Gasteiger partial charge < -0.3 is 4.74 Å². The number of benzene rings is 1. The molecule has 0 heterocycles. The van der Waals surface area contributed by atoms with Crippen molar-refractivity contribution in [2.45, 2.75) is 20.8 Å². The van der Waals surface area contributed by atoms with Crippen LogP contribution in [-0.4, -0.2) is 17.5 Å². The third-order valence-electron chi connectivity index (χ3n) is 2.50. The van der Waals surface area contributed by atoms with Crippen LogP contribution in [0, 0.1) is 23.0 Å². The molecule has 1 aromatic carbocycles. The van der Waals surface area contributed by atoms with Gasteiger partial charge in [0.15, 0.2) is 0 Å².